The number of nitrogens with zero attached hydrogens (tertiary/aromatic N) is 2. The minimum Gasteiger partial charge on any atom is -0.481 e. The Bertz CT molecular complexity index is 619. The van der Waals surface area contributed by atoms with Gasteiger partial charge >= 0.3 is 0 Å². The van der Waals surface area contributed by atoms with Crippen LogP contribution < -0.4 is 4.74 Å². The molecular formula is C13H10BrFN2O2. The van der Waals surface area contributed by atoms with Crippen LogP contribution in [0.5, 0.6) is 5.88 Å². The Morgan fingerprint density at radius 1 is 1.37 bits per heavy atom. The van der Waals surface area contributed by atoms with Crippen LogP contribution in [-0.4, -0.2) is 22.9 Å². The van der Waals surface area contributed by atoms with Gasteiger partial charge in [-0.1, -0.05) is 15.9 Å². The number of ether oxygens (including phenoxy) is 1. The molecule has 0 aliphatic rings. The summed E-state index contributed by atoms with van der Waals surface area (Å²) in [6.07, 6.45) is 1.30. The summed E-state index contributed by atoms with van der Waals surface area (Å²) in [7, 11) is 1.47. The molecule has 98 valence electrons. The highest BCUT2D eigenvalue weighted by atomic mass is 79.9. The summed E-state index contributed by atoms with van der Waals surface area (Å²) < 4.78 is 19.2. The number of Topliss-reactive ketones (excluding diaryl/α,β-unsaturated/α-hetero) is 1. The first kappa shape index (κ1) is 13.6. The third kappa shape index (κ3) is 3.35. The molecule has 0 bridgehead atoms. The quantitative estimate of drug-likeness (QED) is 0.811. The molecule has 19 heavy (non-hydrogen) atoms. The molecule has 6 heteroatoms. The first-order valence-electron chi connectivity index (χ1n) is 5.43. The van der Waals surface area contributed by atoms with E-state index in [1.807, 2.05) is 0 Å². The van der Waals surface area contributed by atoms with E-state index in [9.17, 15) is 9.18 Å². The lowest BCUT2D eigenvalue weighted by atomic mass is 10.1. The second kappa shape index (κ2) is 5.88. The molecule has 0 radical (unpaired) electrons. The number of halogens is 2. The molecule has 1 heterocycles. The highest BCUT2D eigenvalue weighted by Gasteiger charge is 2.14. The van der Waals surface area contributed by atoms with Crippen LogP contribution in [-0.2, 0) is 6.42 Å². The second-order valence-corrected chi connectivity index (χ2v) is 4.69. The Morgan fingerprint density at radius 2 is 2.16 bits per heavy atom. The van der Waals surface area contributed by atoms with E-state index in [1.165, 1.54) is 25.6 Å². The maximum absolute atomic E-state index is 13.6. The summed E-state index contributed by atoms with van der Waals surface area (Å²) in [5, 5.41) is 0. The van der Waals surface area contributed by atoms with Crippen molar-refractivity contribution >= 4 is 21.7 Å². The smallest absolute Gasteiger partial charge is 0.216 e. The largest absolute Gasteiger partial charge is 0.481 e. The zero-order chi connectivity index (χ0) is 13.8. The van der Waals surface area contributed by atoms with Gasteiger partial charge < -0.3 is 4.74 Å². The van der Waals surface area contributed by atoms with Gasteiger partial charge in [-0.3, -0.25) is 4.79 Å². The van der Waals surface area contributed by atoms with Gasteiger partial charge in [0, 0.05) is 10.5 Å². The van der Waals surface area contributed by atoms with Crippen molar-refractivity contribution in [3.63, 3.8) is 0 Å². The van der Waals surface area contributed by atoms with Gasteiger partial charge in [0.2, 0.25) is 5.88 Å². The molecule has 0 aliphatic carbocycles. The summed E-state index contributed by atoms with van der Waals surface area (Å²) in [4.78, 5) is 19.8. The molecule has 0 spiro atoms. The maximum atomic E-state index is 13.6. The summed E-state index contributed by atoms with van der Waals surface area (Å²) in [5.74, 6) is -0.527. The van der Waals surface area contributed by atoms with E-state index in [0.29, 0.717) is 16.0 Å². The Labute approximate surface area is 117 Å². The molecule has 0 saturated heterocycles. The Morgan fingerprint density at radius 3 is 2.89 bits per heavy atom. The average Bonchev–Trinajstić information content (AvgIpc) is 2.41. The predicted molar refractivity (Wildman–Crippen MR) is 70.7 cm³/mol. The molecule has 0 amide bonds. The summed E-state index contributed by atoms with van der Waals surface area (Å²) in [6.45, 7) is 0. The number of methoxy groups -OCH3 is 1. The summed E-state index contributed by atoms with van der Waals surface area (Å²) >= 11 is 3.21. The number of hydrogen-bond donors (Lipinski definition) is 0. The maximum Gasteiger partial charge on any atom is 0.216 e. The van der Waals surface area contributed by atoms with Crippen LogP contribution in [0, 0.1) is 5.82 Å². The molecule has 0 N–H and O–H groups in total. The van der Waals surface area contributed by atoms with Gasteiger partial charge in [-0.15, -0.1) is 0 Å². The van der Waals surface area contributed by atoms with Crippen molar-refractivity contribution in [2.75, 3.05) is 7.11 Å². The molecule has 1 aromatic carbocycles. The fourth-order valence-corrected chi connectivity index (χ4v) is 1.92. The molecule has 0 fully saturated rings. The second-order valence-electron chi connectivity index (χ2n) is 3.78. The monoisotopic (exact) mass is 324 g/mol. The van der Waals surface area contributed by atoms with Gasteiger partial charge in [0.1, 0.15) is 12.1 Å². The Balaban J connectivity index is 2.23. The zero-order valence-electron chi connectivity index (χ0n) is 10.1. The van der Waals surface area contributed by atoms with Crippen LogP contribution in [0.25, 0.3) is 0 Å². The number of rotatable bonds is 4. The van der Waals surface area contributed by atoms with Gasteiger partial charge in [-0.2, -0.15) is 0 Å². The van der Waals surface area contributed by atoms with Crippen LogP contribution in [0.1, 0.15) is 16.1 Å². The lowest BCUT2D eigenvalue weighted by molar-refractivity contribution is 0.0988. The average molecular weight is 325 g/mol. The first-order valence-corrected chi connectivity index (χ1v) is 6.22. The standard InChI is InChI=1S/C13H10BrFN2O2/c1-19-13-6-9(16-7-17-13)5-12(18)10-4-8(14)2-3-11(10)15/h2-4,6-7H,5H2,1H3. The molecule has 0 unspecified atom stereocenters. The van der Waals surface area contributed by atoms with Crippen LogP contribution in [0.3, 0.4) is 0 Å². The molecular weight excluding hydrogens is 315 g/mol. The molecule has 0 saturated carbocycles. The topological polar surface area (TPSA) is 52.1 Å². The van der Waals surface area contributed by atoms with E-state index in [-0.39, 0.29) is 17.8 Å². The van der Waals surface area contributed by atoms with Crippen molar-refractivity contribution in [3.8, 4) is 5.88 Å². The Kier molecular flexibility index (Phi) is 4.21. The SMILES string of the molecule is COc1cc(CC(=O)c2cc(Br)ccc2F)ncn1. The number of benzene rings is 1. The Hall–Kier alpha value is -1.82. The predicted octanol–water partition coefficient (Wildman–Crippen LogP) is 2.81. The van der Waals surface area contributed by atoms with E-state index in [1.54, 1.807) is 12.1 Å². The van der Waals surface area contributed by atoms with Crippen molar-refractivity contribution in [1.82, 2.24) is 9.97 Å². The zero-order valence-corrected chi connectivity index (χ0v) is 11.6. The van der Waals surface area contributed by atoms with E-state index < -0.39 is 5.82 Å². The minimum atomic E-state index is -0.547. The number of ketones is 1. The van der Waals surface area contributed by atoms with Gasteiger partial charge in [0.05, 0.1) is 24.8 Å². The van der Waals surface area contributed by atoms with Crippen LogP contribution in [0.15, 0.2) is 35.1 Å². The number of carbonyl (C=O) groups excluding carboxylic acids is 1. The molecule has 2 rings (SSSR count). The highest BCUT2D eigenvalue weighted by Crippen LogP contribution is 2.17. The van der Waals surface area contributed by atoms with E-state index >= 15 is 0 Å². The van der Waals surface area contributed by atoms with E-state index in [4.69, 9.17) is 4.74 Å². The minimum absolute atomic E-state index is 0.00769. The van der Waals surface area contributed by atoms with Gasteiger partial charge in [-0.25, -0.2) is 14.4 Å². The van der Waals surface area contributed by atoms with Crippen molar-refractivity contribution in [2.24, 2.45) is 0 Å². The highest BCUT2D eigenvalue weighted by molar-refractivity contribution is 9.10. The van der Waals surface area contributed by atoms with Gasteiger partial charge in [0.15, 0.2) is 5.78 Å². The van der Waals surface area contributed by atoms with E-state index in [0.717, 1.165) is 0 Å². The number of hydrogen-bond acceptors (Lipinski definition) is 4. The molecule has 2 aromatic rings. The van der Waals surface area contributed by atoms with Gasteiger partial charge in [0.25, 0.3) is 0 Å². The van der Waals surface area contributed by atoms with Crippen LogP contribution in [0.2, 0.25) is 0 Å². The van der Waals surface area contributed by atoms with Crippen LogP contribution in [0.4, 0.5) is 4.39 Å². The number of aromatic nitrogens is 2. The van der Waals surface area contributed by atoms with Crippen molar-refractivity contribution < 1.29 is 13.9 Å². The molecule has 0 aliphatic heterocycles. The van der Waals surface area contributed by atoms with Gasteiger partial charge in [-0.05, 0) is 18.2 Å². The van der Waals surface area contributed by atoms with Crippen molar-refractivity contribution in [3.05, 3.63) is 52.1 Å². The fraction of sp³-hybridized carbons (Fsp3) is 0.154. The third-order valence-electron chi connectivity index (χ3n) is 2.48. The normalized spacial score (nSPS) is 10.3. The summed E-state index contributed by atoms with van der Waals surface area (Å²) in [6, 6.07) is 5.79. The molecule has 0 atom stereocenters. The number of carbonyl (C=O) groups is 1. The summed E-state index contributed by atoms with van der Waals surface area (Å²) in [5.41, 5.74) is 0.517. The molecule has 4 nitrogen and oxygen atoms in total. The lowest BCUT2D eigenvalue weighted by Crippen LogP contribution is -2.08. The third-order valence-corrected chi connectivity index (χ3v) is 2.97. The lowest BCUT2D eigenvalue weighted by Gasteiger charge is -2.04. The first-order chi connectivity index (χ1) is 9.10. The van der Waals surface area contributed by atoms with Crippen LogP contribution >= 0.6 is 15.9 Å². The van der Waals surface area contributed by atoms with Crippen molar-refractivity contribution in [2.45, 2.75) is 6.42 Å². The van der Waals surface area contributed by atoms with Crippen molar-refractivity contribution in [1.29, 1.82) is 0 Å². The molecule has 1 aromatic heterocycles. The fourth-order valence-electron chi connectivity index (χ4n) is 1.56. The van der Waals surface area contributed by atoms with E-state index in [2.05, 4.69) is 25.9 Å².